The van der Waals surface area contributed by atoms with Crippen LogP contribution in [0.1, 0.15) is 19.4 Å². The zero-order chi connectivity index (χ0) is 17.8. The topological polar surface area (TPSA) is 32.8 Å². The van der Waals surface area contributed by atoms with Crippen molar-refractivity contribution < 1.29 is 9.53 Å². The lowest BCUT2D eigenvalue weighted by Crippen LogP contribution is -2.59. The van der Waals surface area contributed by atoms with E-state index in [2.05, 4.69) is 43.0 Å². The maximum Gasteiger partial charge on any atom is 0.260 e. The van der Waals surface area contributed by atoms with Gasteiger partial charge in [0.15, 0.2) is 6.61 Å². The Morgan fingerprint density at radius 2 is 1.60 bits per heavy atom. The largest absolute Gasteiger partial charge is 0.484 e. The van der Waals surface area contributed by atoms with E-state index in [1.54, 1.807) is 0 Å². The van der Waals surface area contributed by atoms with E-state index in [4.69, 9.17) is 4.74 Å². The first-order valence-corrected chi connectivity index (χ1v) is 8.85. The number of piperazine rings is 1. The highest BCUT2D eigenvalue weighted by Gasteiger charge is 2.31. The van der Waals surface area contributed by atoms with Crippen LogP contribution in [-0.2, 0) is 4.79 Å². The number of carbonyl (C=O) groups excluding carboxylic acids is 1. The molecular formula is C21H26N2O2. The smallest absolute Gasteiger partial charge is 0.260 e. The minimum absolute atomic E-state index is 0.0481. The first-order valence-electron chi connectivity index (χ1n) is 8.85. The molecule has 25 heavy (non-hydrogen) atoms. The first-order chi connectivity index (χ1) is 12.0. The summed E-state index contributed by atoms with van der Waals surface area (Å²) < 4.78 is 5.65. The van der Waals surface area contributed by atoms with Crippen LogP contribution >= 0.6 is 0 Å². The Balaban J connectivity index is 1.59. The molecule has 1 aliphatic rings. The number of hydrogen-bond donors (Lipinski definition) is 0. The predicted molar refractivity (Wildman–Crippen MR) is 101 cm³/mol. The van der Waals surface area contributed by atoms with Crippen molar-refractivity contribution in [2.75, 3.05) is 24.6 Å². The molecule has 0 N–H and O–H groups in total. The Kier molecular flexibility index (Phi) is 5.27. The highest BCUT2D eigenvalue weighted by atomic mass is 16.5. The molecule has 2 aromatic carbocycles. The number of amides is 1. The third-order valence-corrected chi connectivity index (χ3v) is 4.71. The number of nitrogens with zero attached hydrogens (tertiary/aromatic N) is 2. The van der Waals surface area contributed by atoms with Gasteiger partial charge >= 0.3 is 0 Å². The van der Waals surface area contributed by atoms with E-state index in [0.29, 0.717) is 0 Å². The van der Waals surface area contributed by atoms with Gasteiger partial charge in [0, 0.05) is 30.9 Å². The minimum atomic E-state index is 0.0481. The van der Waals surface area contributed by atoms with E-state index in [-0.39, 0.29) is 24.6 Å². The molecule has 2 unspecified atom stereocenters. The van der Waals surface area contributed by atoms with Gasteiger partial charge in [-0.15, -0.1) is 0 Å². The molecule has 0 aromatic heterocycles. The van der Waals surface area contributed by atoms with Crippen LogP contribution in [0.15, 0.2) is 54.6 Å². The molecule has 1 heterocycles. The number of aryl methyl sites for hydroxylation is 1. The van der Waals surface area contributed by atoms with Gasteiger partial charge < -0.3 is 14.5 Å². The summed E-state index contributed by atoms with van der Waals surface area (Å²) in [6.45, 7) is 7.90. The molecule has 1 saturated heterocycles. The normalized spacial score (nSPS) is 20.4. The summed E-state index contributed by atoms with van der Waals surface area (Å²) in [7, 11) is 0. The van der Waals surface area contributed by atoms with Gasteiger partial charge in [0.1, 0.15) is 5.75 Å². The quantitative estimate of drug-likeness (QED) is 0.855. The monoisotopic (exact) mass is 338 g/mol. The fourth-order valence-electron chi connectivity index (χ4n) is 3.51. The lowest BCUT2D eigenvalue weighted by molar-refractivity contribution is -0.134. The standard InChI is InChI=1S/C21H26N2O2/c1-16-9-11-20(12-10-16)25-15-21(24)22-13-17(2)23(18(3)14-22)19-7-5-4-6-8-19/h4-12,17-18H,13-15H2,1-3H3. The number of benzene rings is 2. The Labute approximate surface area is 150 Å². The van der Waals surface area contributed by atoms with Crippen molar-refractivity contribution in [1.82, 2.24) is 4.90 Å². The van der Waals surface area contributed by atoms with Crippen LogP contribution in [0.4, 0.5) is 5.69 Å². The summed E-state index contributed by atoms with van der Waals surface area (Å²) in [5, 5.41) is 0. The maximum atomic E-state index is 12.6. The summed E-state index contributed by atoms with van der Waals surface area (Å²) in [6, 6.07) is 18.7. The van der Waals surface area contributed by atoms with Gasteiger partial charge in [-0.3, -0.25) is 4.79 Å². The van der Waals surface area contributed by atoms with Crippen LogP contribution in [0.3, 0.4) is 0 Å². The number of ether oxygens (including phenoxy) is 1. The lowest BCUT2D eigenvalue weighted by atomic mass is 10.1. The van der Waals surface area contributed by atoms with E-state index in [1.807, 2.05) is 42.2 Å². The van der Waals surface area contributed by atoms with Crippen LogP contribution in [0.2, 0.25) is 0 Å². The first kappa shape index (κ1) is 17.3. The Morgan fingerprint density at radius 1 is 1.00 bits per heavy atom. The van der Waals surface area contributed by atoms with Crippen LogP contribution in [0, 0.1) is 6.92 Å². The van der Waals surface area contributed by atoms with Crippen LogP contribution < -0.4 is 9.64 Å². The average molecular weight is 338 g/mol. The Morgan fingerprint density at radius 3 is 2.20 bits per heavy atom. The summed E-state index contributed by atoms with van der Waals surface area (Å²) in [5.74, 6) is 0.787. The molecule has 1 aliphatic heterocycles. The number of anilines is 1. The summed E-state index contributed by atoms with van der Waals surface area (Å²) in [4.78, 5) is 16.9. The lowest BCUT2D eigenvalue weighted by Gasteiger charge is -2.45. The van der Waals surface area contributed by atoms with Crippen molar-refractivity contribution in [3.8, 4) is 5.75 Å². The fourth-order valence-corrected chi connectivity index (χ4v) is 3.51. The second kappa shape index (κ2) is 7.60. The van der Waals surface area contributed by atoms with Crippen molar-refractivity contribution in [2.24, 2.45) is 0 Å². The van der Waals surface area contributed by atoms with E-state index < -0.39 is 0 Å². The Bertz CT molecular complexity index is 688. The molecular weight excluding hydrogens is 312 g/mol. The zero-order valence-electron chi connectivity index (χ0n) is 15.2. The number of hydrogen-bond acceptors (Lipinski definition) is 3. The van der Waals surface area contributed by atoms with E-state index in [0.717, 1.165) is 18.8 Å². The van der Waals surface area contributed by atoms with Gasteiger partial charge in [-0.05, 0) is 45.0 Å². The summed E-state index contributed by atoms with van der Waals surface area (Å²) in [6.07, 6.45) is 0. The average Bonchev–Trinajstić information content (AvgIpc) is 2.61. The highest BCUT2D eigenvalue weighted by molar-refractivity contribution is 5.78. The third-order valence-electron chi connectivity index (χ3n) is 4.71. The molecule has 0 aliphatic carbocycles. The predicted octanol–water partition coefficient (Wildman–Crippen LogP) is 3.50. The molecule has 0 saturated carbocycles. The molecule has 0 radical (unpaired) electrons. The fraction of sp³-hybridized carbons (Fsp3) is 0.381. The van der Waals surface area contributed by atoms with E-state index in [9.17, 15) is 4.79 Å². The molecule has 3 rings (SSSR count). The van der Waals surface area contributed by atoms with Crippen molar-refractivity contribution in [2.45, 2.75) is 32.9 Å². The van der Waals surface area contributed by atoms with E-state index in [1.165, 1.54) is 11.3 Å². The van der Waals surface area contributed by atoms with Crippen LogP contribution in [-0.4, -0.2) is 42.6 Å². The molecule has 0 bridgehead atoms. The summed E-state index contributed by atoms with van der Waals surface area (Å²) in [5.41, 5.74) is 2.39. The maximum absolute atomic E-state index is 12.6. The van der Waals surface area contributed by atoms with Gasteiger partial charge in [-0.1, -0.05) is 35.9 Å². The third kappa shape index (κ3) is 4.13. The van der Waals surface area contributed by atoms with Crippen molar-refractivity contribution in [3.63, 3.8) is 0 Å². The zero-order valence-corrected chi connectivity index (χ0v) is 15.2. The van der Waals surface area contributed by atoms with Gasteiger partial charge in [0.25, 0.3) is 5.91 Å². The molecule has 2 atom stereocenters. The number of carbonyl (C=O) groups is 1. The SMILES string of the molecule is Cc1ccc(OCC(=O)N2CC(C)N(c3ccccc3)C(C)C2)cc1. The number of rotatable bonds is 4. The molecule has 2 aromatic rings. The molecule has 0 spiro atoms. The van der Waals surface area contributed by atoms with Gasteiger partial charge in [-0.25, -0.2) is 0 Å². The Hall–Kier alpha value is -2.49. The second-order valence-electron chi connectivity index (χ2n) is 6.84. The minimum Gasteiger partial charge on any atom is -0.484 e. The molecule has 4 nitrogen and oxygen atoms in total. The second-order valence-corrected chi connectivity index (χ2v) is 6.84. The van der Waals surface area contributed by atoms with Crippen LogP contribution in [0.25, 0.3) is 0 Å². The highest BCUT2D eigenvalue weighted by Crippen LogP contribution is 2.24. The summed E-state index contributed by atoms with van der Waals surface area (Å²) >= 11 is 0. The van der Waals surface area contributed by atoms with Gasteiger partial charge in [0.2, 0.25) is 0 Å². The van der Waals surface area contributed by atoms with Gasteiger partial charge in [-0.2, -0.15) is 0 Å². The molecule has 132 valence electrons. The van der Waals surface area contributed by atoms with Gasteiger partial charge in [0.05, 0.1) is 0 Å². The van der Waals surface area contributed by atoms with E-state index >= 15 is 0 Å². The van der Waals surface area contributed by atoms with Crippen molar-refractivity contribution in [1.29, 1.82) is 0 Å². The molecule has 1 fully saturated rings. The number of para-hydroxylation sites is 1. The van der Waals surface area contributed by atoms with Crippen molar-refractivity contribution >= 4 is 11.6 Å². The van der Waals surface area contributed by atoms with Crippen LogP contribution in [0.5, 0.6) is 5.75 Å². The van der Waals surface area contributed by atoms with Crippen molar-refractivity contribution in [3.05, 3.63) is 60.2 Å². The molecule has 1 amide bonds. The molecule has 4 heteroatoms.